The molecular formula is C26H31F4N3O4. The van der Waals surface area contributed by atoms with Crippen LogP contribution in [-0.2, 0) is 16.0 Å². The van der Waals surface area contributed by atoms with Gasteiger partial charge < -0.3 is 19.5 Å². The van der Waals surface area contributed by atoms with E-state index in [9.17, 15) is 31.9 Å². The second-order valence-electron chi connectivity index (χ2n) is 10.2. The Morgan fingerprint density at radius 3 is 2.51 bits per heavy atom. The highest BCUT2D eigenvalue weighted by Crippen LogP contribution is 2.24. The number of nitrogens with zero attached hydrogens (tertiary/aromatic N) is 2. The van der Waals surface area contributed by atoms with E-state index in [4.69, 9.17) is 4.74 Å². The highest BCUT2D eigenvalue weighted by Gasteiger charge is 2.30. The first-order valence-electron chi connectivity index (χ1n) is 12.0. The van der Waals surface area contributed by atoms with Gasteiger partial charge in [-0.2, -0.15) is 13.2 Å². The molecule has 0 spiro atoms. The minimum Gasteiger partial charge on any atom is -0.444 e. The zero-order valence-corrected chi connectivity index (χ0v) is 21.0. The van der Waals surface area contributed by atoms with Crippen molar-refractivity contribution >= 4 is 17.8 Å². The fraction of sp³-hybridized carbons (Fsp3) is 0.500. The number of amides is 2. The number of ether oxygens (including phenoxy) is 1. The molecule has 11 heteroatoms. The number of carbonyl (C=O) groups excluding carboxylic acids is 3. The highest BCUT2D eigenvalue weighted by atomic mass is 19.4. The SMILES string of the molecule is CC(C)(C)OC(=O)N1CCC[C@H](NC(=O)c2cn(-c3cccc(F)c3)cc2CC(=O)CCC(F)(F)F)C1. The number of aromatic nitrogens is 1. The maximum absolute atomic E-state index is 13.8. The monoisotopic (exact) mass is 525 g/mol. The third-order valence-electron chi connectivity index (χ3n) is 5.74. The van der Waals surface area contributed by atoms with Crippen molar-refractivity contribution in [1.82, 2.24) is 14.8 Å². The summed E-state index contributed by atoms with van der Waals surface area (Å²) in [4.78, 5) is 39.5. The average Bonchev–Trinajstić information content (AvgIpc) is 3.20. The third-order valence-corrected chi connectivity index (χ3v) is 5.74. The summed E-state index contributed by atoms with van der Waals surface area (Å²) in [6.07, 6.45) is -3.18. The molecule has 2 aromatic rings. The normalized spacial score (nSPS) is 16.4. The van der Waals surface area contributed by atoms with Crippen molar-refractivity contribution in [3.63, 3.8) is 0 Å². The Hall–Kier alpha value is -3.37. The topological polar surface area (TPSA) is 80.6 Å². The quantitative estimate of drug-likeness (QED) is 0.504. The van der Waals surface area contributed by atoms with Gasteiger partial charge in [0, 0.05) is 50.1 Å². The third kappa shape index (κ3) is 8.61. The van der Waals surface area contributed by atoms with Crippen LogP contribution in [0.2, 0.25) is 0 Å². The van der Waals surface area contributed by atoms with Gasteiger partial charge in [-0.25, -0.2) is 9.18 Å². The van der Waals surface area contributed by atoms with E-state index in [-0.39, 0.29) is 30.1 Å². The molecule has 7 nitrogen and oxygen atoms in total. The van der Waals surface area contributed by atoms with E-state index in [2.05, 4.69) is 5.32 Å². The van der Waals surface area contributed by atoms with Crippen molar-refractivity contribution < 1.29 is 36.7 Å². The van der Waals surface area contributed by atoms with Crippen molar-refractivity contribution in [2.45, 2.75) is 70.7 Å². The first-order chi connectivity index (χ1) is 17.2. The number of nitrogens with one attached hydrogen (secondary N) is 1. The van der Waals surface area contributed by atoms with Gasteiger partial charge in [-0.15, -0.1) is 0 Å². The lowest BCUT2D eigenvalue weighted by atomic mass is 10.0. The molecule has 0 unspecified atom stereocenters. The Morgan fingerprint density at radius 1 is 1.14 bits per heavy atom. The van der Waals surface area contributed by atoms with Crippen LogP contribution in [0.15, 0.2) is 36.7 Å². The van der Waals surface area contributed by atoms with Gasteiger partial charge in [-0.3, -0.25) is 9.59 Å². The molecule has 0 saturated carbocycles. The van der Waals surface area contributed by atoms with Crippen LogP contribution in [0.25, 0.3) is 5.69 Å². The van der Waals surface area contributed by atoms with E-state index in [1.807, 2.05) is 0 Å². The number of benzene rings is 1. The molecule has 3 rings (SSSR count). The van der Waals surface area contributed by atoms with Gasteiger partial charge in [0.1, 0.15) is 17.2 Å². The molecule has 202 valence electrons. The predicted molar refractivity (Wildman–Crippen MR) is 128 cm³/mol. The Kier molecular flexibility index (Phi) is 8.65. The zero-order chi connectivity index (χ0) is 27.4. The second kappa shape index (κ2) is 11.4. The number of hydrogen-bond donors (Lipinski definition) is 1. The molecule has 0 bridgehead atoms. The molecule has 1 aromatic heterocycles. The van der Waals surface area contributed by atoms with Crippen LogP contribution in [-0.4, -0.2) is 58.2 Å². The summed E-state index contributed by atoms with van der Waals surface area (Å²) in [5, 5.41) is 2.86. The summed E-state index contributed by atoms with van der Waals surface area (Å²) in [7, 11) is 0. The maximum Gasteiger partial charge on any atom is 0.410 e. The predicted octanol–water partition coefficient (Wildman–Crippen LogP) is 5.20. The maximum atomic E-state index is 13.8. The summed E-state index contributed by atoms with van der Waals surface area (Å²) in [6, 6.07) is 5.17. The summed E-state index contributed by atoms with van der Waals surface area (Å²) >= 11 is 0. The molecule has 2 heterocycles. The van der Waals surface area contributed by atoms with Crippen LogP contribution in [0.3, 0.4) is 0 Å². The molecule has 1 saturated heterocycles. The van der Waals surface area contributed by atoms with Gasteiger partial charge >= 0.3 is 12.3 Å². The van der Waals surface area contributed by atoms with Crippen molar-refractivity contribution in [3.8, 4) is 5.69 Å². The van der Waals surface area contributed by atoms with E-state index in [1.54, 1.807) is 26.8 Å². The molecular weight excluding hydrogens is 494 g/mol. The summed E-state index contributed by atoms with van der Waals surface area (Å²) < 4.78 is 58.3. The van der Waals surface area contributed by atoms with Crippen molar-refractivity contribution in [2.24, 2.45) is 0 Å². The van der Waals surface area contributed by atoms with E-state index in [1.165, 1.54) is 40.1 Å². The first-order valence-corrected chi connectivity index (χ1v) is 12.0. The average molecular weight is 526 g/mol. The lowest BCUT2D eigenvalue weighted by Gasteiger charge is -2.34. The minimum absolute atomic E-state index is 0.0963. The minimum atomic E-state index is -4.47. The lowest BCUT2D eigenvalue weighted by molar-refractivity contribution is -0.143. The van der Waals surface area contributed by atoms with Gasteiger partial charge in [0.15, 0.2) is 0 Å². The molecule has 1 atom stereocenters. The fourth-order valence-electron chi connectivity index (χ4n) is 4.06. The van der Waals surface area contributed by atoms with Gasteiger partial charge in [-0.1, -0.05) is 6.07 Å². The molecule has 1 fully saturated rings. The Balaban J connectivity index is 1.78. The lowest BCUT2D eigenvalue weighted by Crippen LogP contribution is -2.50. The van der Waals surface area contributed by atoms with Crippen LogP contribution >= 0.6 is 0 Å². The van der Waals surface area contributed by atoms with Crippen LogP contribution in [0, 0.1) is 5.82 Å². The largest absolute Gasteiger partial charge is 0.444 e. The number of rotatable bonds is 7. The van der Waals surface area contributed by atoms with E-state index < -0.39 is 48.2 Å². The van der Waals surface area contributed by atoms with E-state index in [0.29, 0.717) is 25.1 Å². The van der Waals surface area contributed by atoms with Crippen LogP contribution in [0.5, 0.6) is 0 Å². The summed E-state index contributed by atoms with van der Waals surface area (Å²) in [5.74, 6) is -1.72. The highest BCUT2D eigenvalue weighted by molar-refractivity contribution is 5.97. The molecule has 1 aromatic carbocycles. The molecule has 2 amide bonds. The van der Waals surface area contributed by atoms with Crippen molar-refractivity contribution in [2.75, 3.05) is 13.1 Å². The van der Waals surface area contributed by atoms with Crippen molar-refractivity contribution in [3.05, 3.63) is 53.6 Å². The first kappa shape index (κ1) is 28.2. The molecule has 0 radical (unpaired) electrons. The second-order valence-corrected chi connectivity index (χ2v) is 10.2. The standard InChI is InChI=1S/C26H31F4N3O4/c1-25(2,3)37-24(36)32-11-5-7-19(15-32)31-23(35)22-16-33(20-8-4-6-18(27)13-20)14-17(22)12-21(34)9-10-26(28,29)30/h4,6,8,13-14,16,19H,5,7,9-12,15H2,1-3H3,(H,31,35)/t19-/m0/s1. The summed E-state index contributed by atoms with van der Waals surface area (Å²) in [5.41, 5.74) is 0.0465. The molecule has 1 aliphatic heterocycles. The molecule has 37 heavy (non-hydrogen) atoms. The van der Waals surface area contributed by atoms with Gasteiger partial charge in [0.05, 0.1) is 12.0 Å². The summed E-state index contributed by atoms with van der Waals surface area (Å²) in [6.45, 7) is 5.99. The van der Waals surface area contributed by atoms with Crippen LogP contribution in [0.4, 0.5) is 22.4 Å². The zero-order valence-electron chi connectivity index (χ0n) is 21.0. The number of piperidine rings is 1. The van der Waals surface area contributed by atoms with Gasteiger partial charge in [0.2, 0.25) is 0 Å². The van der Waals surface area contributed by atoms with Crippen molar-refractivity contribution in [1.29, 1.82) is 0 Å². The fourth-order valence-corrected chi connectivity index (χ4v) is 4.06. The Bertz CT molecular complexity index is 1140. The Morgan fingerprint density at radius 2 is 1.86 bits per heavy atom. The Labute approximate surface area is 212 Å². The number of alkyl halides is 3. The molecule has 1 N–H and O–H groups in total. The van der Waals surface area contributed by atoms with Crippen LogP contribution < -0.4 is 5.32 Å². The van der Waals surface area contributed by atoms with Gasteiger partial charge in [0.25, 0.3) is 5.91 Å². The number of carbonyl (C=O) groups is 3. The number of hydrogen-bond acceptors (Lipinski definition) is 4. The van der Waals surface area contributed by atoms with E-state index in [0.717, 1.165) is 0 Å². The number of halogens is 4. The van der Waals surface area contributed by atoms with Crippen LogP contribution in [0.1, 0.15) is 62.4 Å². The number of ketones is 1. The number of likely N-dealkylation sites (tertiary alicyclic amines) is 1. The van der Waals surface area contributed by atoms with E-state index >= 15 is 0 Å². The number of Topliss-reactive ketones (excluding diaryl/α,β-unsaturated/α-hetero) is 1. The molecule has 0 aliphatic carbocycles. The van der Waals surface area contributed by atoms with Gasteiger partial charge in [-0.05, 0) is 57.4 Å². The molecule has 1 aliphatic rings. The smallest absolute Gasteiger partial charge is 0.410 e.